The Morgan fingerprint density at radius 3 is 2.36 bits per heavy atom. The Hall–Kier alpha value is -0.220. The zero-order valence-corrected chi connectivity index (χ0v) is 9.08. The van der Waals surface area contributed by atoms with Gasteiger partial charge in [-0.05, 0) is 0 Å². The molecule has 0 spiro atoms. The fourth-order valence-electron chi connectivity index (χ4n) is 0.970. The lowest BCUT2D eigenvalue weighted by Gasteiger charge is -2.12. The standard InChI is InChI=1S/C5H11NO6S2/c1-13(8,9)4-14(10,11)6-2-5(7)3-12-6/h5,7H,2-4H2,1H3. The van der Waals surface area contributed by atoms with Gasteiger partial charge in [-0.25, -0.2) is 16.8 Å². The Kier molecular flexibility index (Phi) is 3.17. The molecule has 1 N–H and O–H groups in total. The van der Waals surface area contributed by atoms with Crippen molar-refractivity contribution in [2.75, 3.05) is 24.5 Å². The van der Waals surface area contributed by atoms with Crippen molar-refractivity contribution in [2.45, 2.75) is 6.10 Å². The number of aliphatic hydroxyl groups excluding tert-OH is 1. The summed E-state index contributed by atoms with van der Waals surface area (Å²) in [5.74, 6) is 0. The maximum atomic E-state index is 11.3. The number of hydrogen-bond donors (Lipinski definition) is 1. The van der Waals surface area contributed by atoms with Gasteiger partial charge in [-0.3, -0.25) is 4.84 Å². The van der Waals surface area contributed by atoms with Crippen LogP contribution in [0.25, 0.3) is 0 Å². The van der Waals surface area contributed by atoms with Gasteiger partial charge in [0.25, 0.3) is 10.0 Å². The molecule has 9 heteroatoms. The van der Waals surface area contributed by atoms with E-state index < -0.39 is 31.0 Å². The quantitative estimate of drug-likeness (QED) is 0.613. The summed E-state index contributed by atoms with van der Waals surface area (Å²) in [6.45, 7) is -0.360. The topological polar surface area (TPSA) is 101 Å². The third-order valence-electron chi connectivity index (χ3n) is 1.44. The smallest absolute Gasteiger partial charge is 0.250 e. The number of sulfone groups is 1. The summed E-state index contributed by atoms with van der Waals surface area (Å²) < 4.78 is 44.6. The third-order valence-corrected chi connectivity index (χ3v) is 5.22. The minimum atomic E-state index is -3.99. The molecule has 0 aromatic rings. The Balaban J connectivity index is 2.77. The molecule has 84 valence electrons. The third kappa shape index (κ3) is 3.17. The largest absolute Gasteiger partial charge is 0.389 e. The summed E-state index contributed by atoms with van der Waals surface area (Å²) in [4.78, 5) is 4.61. The zero-order chi connectivity index (χ0) is 11.0. The number of sulfonamides is 1. The van der Waals surface area contributed by atoms with Gasteiger partial charge in [-0.15, -0.1) is 0 Å². The van der Waals surface area contributed by atoms with E-state index in [9.17, 15) is 16.8 Å². The van der Waals surface area contributed by atoms with E-state index in [2.05, 4.69) is 4.84 Å². The molecule has 0 saturated carbocycles. The Morgan fingerprint density at radius 1 is 1.43 bits per heavy atom. The molecule has 1 aliphatic heterocycles. The molecule has 1 fully saturated rings. The van der Waals surface area contributed by atoms with Crippen LogP contribution in [0.2, 0.25) is 0 Å². The number of nitrogens with zero attached hydrogens (tertiary/aromatic N) is 1. The molecule has 1 heterocycles. The molecule has 0 bridgehead atoms. The summed E-state index contributed by atoms with van der Waals surface area (Å²) in [5.41, 5.74) is 0. The van der Waals surface area contributed by atoms with Crippen LogP contribution < -0.4 is 0 Å². The van der Waals surface area contributed by atoms with E-state index in [1.807, 2.05) is 0 Å². The lowest BCUT2D eigenvalue weighted by Crippen LogP contribution is -2.33. The summed E-state index contributed by atoms with van der Waals surface area (Å²) >= 11 is 0. The van der Waals surface area contributed by atoms with E-state index in [-0.39, 0.29) is 13.2 Å². The highest BCUT2D eigenvalue weighted by atomic mass is 32.3. The maximum Gasteiger partial charge on any atom is 0.250 e. The minimum Gasteiger partial charge on any atom is -0.389 e. The highest BCUT2D eigenvalue weighted by molar-refractivity contribution is 8.06. The molecule has 1 saturated heterocycles. The number of rotatable bonds is 3. The molecule has 7 nitrogen and oxygen atoms in total. The van der Waals surface area contributed by atoms with Gasteiger partial charge in [0.05, 0.1) is 19.3 Å². The van der Waals surface area contributed by atoms with Gasteiger partial charge in [0.15, 0.2) is 14.9 Å². The molecule has 14 heavy (non-hydrogen) atoms. The Labute approximate surface area is 82.2 Å². The SMILES string of the molecule is CS(=O)(=O)CS(=O)(=O)N1CC(O)CO1. The number of hydrogen-bond acceptors (Lipinski definition) is 6. The van der Waals surface area contributed by atoms with E-state index >= 15 is 0 Å². The first kappa shape index (κ1) is 11.9. The van der Waals surface area contributed by atoms with E-state index in [1.54, 1.807) is 0 Å². The highest BCUT2D eigenvalue weighted by Crippen LogP contribution is 2.12. The van der Waals surface area contributed by atoms with Gasteiger partial charge in [0.2, 0.25) is 0 Å². The van der Waals surface area contributed by atoms with Gasteiger partial charge in [-0.2, -0.15) is 0 Å². The van der Waals surface area contributed by atoms with Crippen molar-refractivity contribution in [2.24, 2.45) is 0 Å². The van der Waals surface area contributed by atoms with E-state index in [0.717, 1.165) is 6.26 Å². The van der Waals surface area contributed by atoms with Crippen LogP contribution in [0.3, 0.4) is 0 Å². The first-order valence-electron chi connectivity index (χ1n) is 3.70. The molecule has 0 amide bonds. The van der Waals surface area contributed by atoms with Crippen LogP contribution >= 0.6 is 0 Å². The average Bonchev–Trinajstić information content (AvgIpc) is 2.29. The van der Waals surface area contributed by atoms with Crippen molar-refractivity contribution in [3.63, 3.8) is 0 Å². The second-order valence-corrected chi connectivity index (χ2v) is 7.46. The van der Waals surface area contributed by atoms with Crippen molar-refractivity contribution in [1.29, 1.82) is 0 Å². The first-order valence-corrected chi connectivity index (χ1v) is 7.37. The fourth-order valence-corrected chi connectivity index (χ4v) is 4.23. The van der Waals surface area contributed by atoms with Crippen LogP contribution in [0.5, 0.6) is 0 Å². The molecule has 1 atom stereocenters. The molecule has 0 aromatic heterocycles. The number of β-amino-alcohol motifs (C(OH)–C–C–N with tert-alkyl or cyclic N) is 1. The van der Waals surface area contributed by atoms with Crippen molar-refractivity contribution in [1.82, 2.24) is 4.47 Å². The van der Waals surface area contributed by atoms with Crippen LogP contribution in [0.1, 0.15) is 0 Å². The molecule has 1 rings (SSSR count). The van der Waals surface area contributed by atoms with E-state index in [0.29, 0.717) is 4.47 Å². The second-order valence-electron chi connectivity index (χ2n) is 3.09. The molecule has 1 aliphatic rings. The molecule has 1 unspecified atom stereocenters. The Morgan fingerprint density at radius 2 is 2.00 bits per heavy atom. The second kappa shape index (κ2) is 3.74. The summed E-state index contributed by atoms with van der Waals surface area (Å²) in [6.07, 6.45) is -0.0822. The van der Waals surface area contributed by atoms with Crippen LogP contribution in [0.15, 0.2) is 0 Å². The lowest BCUT2D eigenvalue weighted by atomic mass is 10.4. The molecule has 0 aliphatic carbocycles. The zero-order valence-electron chi connectivity index (χ0n) is 7.45. The summed E-state index contributed by atoms with van der Waals surface area (Å²) in [5, 5.41) is 7.97. The normalized spacial score (nSPS) is 25.4. The van der Waals surface area contributed by atoms with E-state index in [4.69, 9.17) is 5.11 Å². The van der Waals surface area contributed by atoms with Crippen molar-refractivity contribution < 1.29 is 26.8 Å². The lowest BCUT2D eigenvalue weighted by molar-refractivity contribution is -0.0311. The van der Waals surface area contributed by atoms with Crippen molar-refractivity contribution in [3.05, 3.63) is 0 Å². The molecule has 0 aromatic carbocycles. The maximum absolute atomic E-state index is 11.3. The monoisotopic (exact) mass is 245 g/mol. The summed E-state index contributed by atoms with van der Waals surface area (Å²) in [7, 11) is -7.62. The minimum absolute atomic E-state index is 0.136. The Bertz CT molecular complexity index is 398. The predicted molar refractivity (Wildman–Crippen MR) is 47.3 cm³/mol. The number of aliphatic hydroxyl groups is 1. The fraction of sp³-hybridized carbons (Fsp3) is 1.00. The van der Waals surface area contributed by atoms with Gasteiger partial charge in [0.1, 0.15) is 0 Å². The van der Waals surface area contributed by atoms with Gasteiger partial charge in [-0.1, -0.05) is 4.47 Å². The molecular weight excluding hydrogens is 234 g/mol. The van der Waals surface area contributed by atoms with Crippen LogP contribution in [0.4, 0.5) is 0 Å². The molecule has 0 radical (unpaired) electrons. The van der Waals surface area contributed by atoms with Crippen molar-refractivity contribution in [3.8, 4) is 0 Å². The van der Waals surface area contributed by atoms with Crippen LogP contribution in [-0.4, -0.2) is 57.0 Å². The summed E-state index contributed by atoms with van der Waals surface area (Å²) in [6, 6.07) is 0. The average molecular weight is 245 g/mol. The van der Waals surface area contributed by atoms with Gasteiger partial charge in [0, 0.05) is 6.26 Å². The van der Waals surface area contributed by atoms with Crippen LogP contribution in [0, 0.1) is 0 Å². The number of hydroxylamine groups is 1. The van der Waals surface area contributed by atoms with Crippen LogP contribution in [-0.2, 0) is 24.7 Å². The van der Waals surface area contributed by atoms with Gasteiger partial charge < -0.3 is 5.11 Å². The first-order chi connectivity index (χ1) is 6.21. The highest BCUT2D eigenvalue weighted by Gasteiger charge is 2.34. The van der Waals surface area contributed by atoms with E-state index in [1.165, 1.54) is 0 Å². The van der Waals surface area contributed by atoms with Crippen molar-refractivity contribution >= 4 is 19.9 Å². The van der Waals surface area contributed by atoms with Gasteiger partial charge >= 0.3 is 0 Å². The molecular formula is C5H11NO6S2. The predicted octanol–water partition coefficient (Wildman–Crippen LogP) is -2.07.